The minimum Gasteiger partial charge on any atom is -0.508 e. The molecular weight excluding hydrogens is 350 g/mol. The van der Waals surface area contributed by atoms with E-state index in [0.29, 0.717) is 18.2 Å². The lowest BCUT2D eigenvalue weighted by Crippen LogP contribution is -2.34. The number of hydrogen-bond acceptors (Lipinski definition) is 5. The number of benzene rings is 2. The number of anilines is 1. The van der Waals surface area contributed by atoms with Gasteiger partial charge in [-0.3, -0.25) is 4.90 Å². The molecule has 0 radical (unpaired) electrons. The van der Waals surface area contributed by atoms with Crippen molar-refractivity contribution in [3.05, 3.63) is 71.6 Å². The van der Waals surface area contributed by atoms with Crippen LogP contribution in [-0.4, -0.2) is 29.6 Å². The number of rotatable bonds is 6. The highest BCUT2D eigenvalue weighted by molar-refractivity contribution is 5.47. The number of nitrogens with zero attached hydrogens (tertiary/aromatic N) is 2. The normalized spacial score (nSPS) is 16.3. The van der Waals surface area contributed by atoms with Crippen molar-refractivity contribution in [3.63, 3.8) is 0 Å². The molecule has 3 rings (SSSR count). The molecule has 0 bridgehead atoms. The molecule has 0 amide bonds. The van der Waals surface area contributed by atoms with E-state index in [2.05, 4.69) is 15.3 Å². The quantitative estimate of drug-likeness (QED) is 0.636. The Morgan fingerprint density at radius 3 is 2.70 bits per heavy atom. The van der Waals surface area contributed by atoms with Gasteiger partial charge in [-0.05, 0) is 61.7 Å². The summed E-state index contributed by atoms with van der Waals surface area (Å²) in [5.74, 6) is -0.424. The first kappa shape index (κ1) is 19.0. The maximum absolute atomic E-state index is 13.7. The summed E-state index contributed by atoms with van der Waals surface area (Å²) in [5.41, 5.74) is 8.92. The van der Waals surface area contributed by atoms with Crippen molar-refractivity contribution in [2.24, 2.45) is 5.11 Å². The second kappa shape index (κ2) is 8.73. The molecule has 1 fully saturated rings. The first-order valence-electron chi connectivity index (χ1n) is 8.84. The number of nitrogens with one attached hydrogen (secondary N) is 2. The molecule has 1 aliphatic rings. The molecule has 2 aromatic rings. The molecular formula is C20H22F2N4O. The van der Waals surface area contributed by atoms with Crippen molar-refractivity contribution in [1.29, 1.82) is 5.53 Å². The van der Waals surface area contributed by atoms with E-state index in [1.165, 1.54) is 6.20 Å². The number of piperidine rings is 1. The Bertz CT molecular complexity index is 832. The Hall–Kier alpha value is -2.80. The van der Waals surface area contributed by atoms with Gasteiger partial charge in [0.05, 0.1) is 11.4 Å². The minimum atomic E-state index is -0.566. The fraction of sp³-hybridized carbons (Fsp3) is 0.300. The molecule has 5 nitrogen and oxygen atoms in total. The largest absolute Gasteiger partial charge is 0.508 e. The van der Waals surface area contributed by atoms with Crippen molar-refractivity contribution in [3.8, 4) is 5.75 Å². The maximum atomic E-state index is 13.7. The van der Waals surface area contributed by atoms with Crippen molar-refractivity contribution >= 4 is 5.69 Å². The van der Waals surface area contributed by atoms with Gasteiger partial charge in [-0.25, -0.2) is 14.3 Å². The lowest BCUT2D eigenvalue weighted by atomic mass is 9.89. The van der Waals surface area contributed by atoms with Gasteiger partial charge >= 0.3 is 0 Å². The summed E-state index contributed by atoms with van der Waals surface area (Å²) < 4.78 is 26.9. The van der Waals surface area contributed by atoms with Crippen LogP contribution in [0.15, 0.2) is 59.5 Å². The minimum absolute atomic E-state index is 0.0127. The molecule has 3 N–H and O–H groups in total. The average Bonchev–Trinajstić information content (AvgIpc) is 2.68. The third-order valence-corrected chi connectivity index (χ3v) is 4.78. The second-order valence-electron chi connectivity index (χ2n) is 6.66. The lowest BCUT2D eigenvalue weighted by molar-refractivity contribution is 0.227. The summed E-state index contributed by atoms with van der Waals surface area (Å²) in [6, 6.07) is 10.5. The summed E-state index contributed by atoms with van der Waals surface area (Å²) in [7, 11) is 0. The monoisotopic (exact) mass is 372 g/mol. The standard InChI is InChI=1S/C20H22F2N4O/c21-16-4-5-19(22)20(11-16)24-12-17(25-23)13-26-8-6-14(7-9-26)15-2-1-3-18(27)10-15/h1-5,10-12,14,23-24,27H,6-9,13H2/b17-12-,25-23?. The van der Waals surface area contributed by atoms with Crippen LogP contribution < -0.4 is 5.32 Å². The molecule has 1 saturated heterocycles. The highest BCUT2D eigenvalue weighted by atomic mass is 19.1. The van der Waals surface area contributed by atoms with E-state index in [4.69, 9.17) is 5.53 Å². The molecule has 27 heavy (non-hydrogen) atoms. The zero-order valence-corrected chi connectivity index (χ0v) is 14.8. The smallest absolute Gasteiger partial charge is 0.146 e. The van der Waals surface area contributed by atoms with Crippen LogP contribution in [0.5, 0.6) is 5.75 Å². The third-order valence-electron chi connectivity index (χ3n) is 4.78. The highest BCUT2D eigenvalue weighted by Crippen LogP contribution is 2.30. The lowest BCUT2D eigenvalue weighted by Gasteiger charge is -2.32. The summed E-state index contributed by atoms with van der Waals surface area (Å²) in [5, 5.41) is 15.8. The molecule has 142 valence electrons. The van der Waals surface area contributed by atoms with E-state index in [1.807, 2.05) is 18.2 Å². The first-order chi connectivity index (χ1) is 13.0. The molecule has 0 aliphatic carbocycles. The number of likely N-dealkylation sites (tertiary alicyclic amines) is 1. The zero-order valence-electron chi connectivity index (χ0n) is 14.8. The first-order valence-corrected chi connectivity index (χ1v) is 8.84. The van der Waals surface area contributed by atoms with Crippen LogP contribution in [0.1, 0.15) is 24.3 Å². The van der Waals surface area contributed by atoms with Crippen molar-refractivity contribution < 1.29 is 13.9 Å². The van der Waals surface area contributed by atoms with Crippen LogP contribution in [0.25, 0.3) is 0 Å². The second-order valence-corrected chi connectivity index (χ2v) is 6.66. The van der Waals surface area contributed by atoms with Gasteiger partial charge in [0.15, 0.2) is 0 Å². The van der Waals surface area contributed by atoms with E-state index < -0.39 is 11.6 Å². The Morgan fingerprint density at radius 2 is 2.00 bits per heavy atom. The van der Waals surface area contributed by atoms with Crippen LogP contribution in [-0.2, 0) is 0 Å². The van der Waals surface area contributed by atoms with Gasteiger partial charge in [-0.2, -0.15) is 5.11 Å². The van der Waals surface area contributed by atoms with E-state index >= 15 is 0 Å². The maximum Gasteiger partial charge on any atom is 0.146 e. The highest BCUT2D eigenvalue weighted by Gasteiger charge is 2.21. The Morgan fingerprint density at radius 1 is 1.22 bits per heavy atom. The fourth-order valence-corrected chi connectivity index (χ4v) is 3.31. The molecule has 0 aromatic heterocycles. The van der Waals surface area contributed by atoms with Gasteiger partial charge in [0.25, 0.3) is 0 Å². The van der Waals surface area contributed by atoms with Crippen LogP contribution in [0.4, 0.5) is 14.5 Å². The number of halogens is 2. The number of phenolic OH excluding ortho intramolecular Hbond substituents is 1. The van der Waals surface area contributed by atoms with Crippen LogP contribution in [0.3, 0.4) is 0 Å². The SMILES string of the molecule is N=N/C(=C\Nc1cc(F)ccc1F)CN1CCC(c2cccc(O)c2)CC1. The summed E-state index contributed by atoms with van der Waals surface area (Å²) in [6.45, 7) is 2.13. The number of phenols is 1. The molecule has 1 aliphatic heterocycles. The fourth-order valence-electron chi connectivity index (χ4n) is 3.31. The summed E-state index contributed by atoms with van der Waals surface area (Å²) in [4.78, 5) is 2.17. The van der Waals surface area contributed by atoms with Gasteiger partial charge in [-0.15, -0.1) is 0 Å². The van der Waals surface area contributed by atoms with Crippen molar-refractivity contribution in [2.45, 2.75) is 18.8 Å². The van der Waals surface area contributed by atoms with Gasteiger partial charge in [-0.1, -0.05) is 12.1 Å². The predicted octanol–water partition coefficient (Wildman–Crippen LogP) is 4.83. The molecule has 2 aromatic carbocycles. The Kier molecular flexibility index (Phi) is 6.13. The van der Waals surface area contributed by atoms with E-state index in [1.54, 1.807) is 6.07 Å². The molecule has 0 atom stereocenters. The van der Waals surface area contributed by atoms with Gasteiger partial charge in [0.2, 0.25) is 0 Å². The van der Waals surface area contributed by atoms with Crippen LogP contribution >= 0.6 is 0 Å². The predicted molar refractivity (Wildman–Crippen MR) is 99.7 cm³/mol. The Labute approximate surface area is 156 Å². The summed E-state index contributed by atoms with van der Waals surface area (Å²) >= 11 is 0. The van der Waals surface area contributed by atoms with Crippen LogP contribution in [0.2, 0.25) is 0 Å². The number of aromatic hydroxyl groups is 1. The van der Waals surface area contributed by atoms with Crippen molar-refractivity contribution in [1.82, 2.24) is 4.90 Å². The Balaban J connectivity index is 1.56. The van der Waals surface area contributed by atoms with E-state index in [0.717, 1.165) is 49.7 Å². The van der Waals surface area contributed by atoms with Gasteiger partial charge < -0.3 is 10.4 Å². The molecule has 7 heteroatoms. The number of hydrogen-bond donors (Lipinski definition) is 3. The summed E-state index contributed by atoms with van der Waals surface area (Å²) in [6.07, 6.45) is 3.33. The molecule has 0 saturated carbocycles. The van der Waals surface area contributed by atoms with Crippen LogP contribution in [0, 0.1) is 17.2 Å². The zero-order chi connectivity index (χ0) is 19.2. The average molecular weight is 372 g/mol. The molecule has 0 spiro atoms. The van der Waals surface area contributed by atoms with Gasteiger partial charge in [0.1, 0.15) is 17.4 Å². The molecule has 1 heterocycles. The third kappa shape index (κ3) is 5.10. The van der Waals surface area contributed by atoms with E-state index in [9.17, 15) is 13.9 Å². The van der Waals surface area contributed by atoms with Crippen molar-refractivity contribution in [2.75, 3.05) is 25.0 Å². The molecule has 0 unspecified atom stereocenters. The van der Waals surface area contributed by atoms with E-state index in [-0.39, 0.29) is 11.4 Å². The van der Waals surface area contributed by atoms with Gasteiger partial charge in [0, 0.05) is 18.8 Å². The topological polar surface area (TPSA) is 71.7 Å².